The van der Waals surface area contributed by atoms with Gasteiger partial charge in [-0.15, -0.1) is 0 Å². The number of rotatable bonds is 7. The lowest BCUT2D eigenvalue weighted by Crippen LogP contribution is -2.29. The molecular weight excluding hydrogens is 234 g/mol. The van der Waals surface area contributed by atoms with Crippen molar-refractivity contribution in [2.75, 3.05) is 20.1 Å². The predicted octanol–water partition coefficient (Wildman–Crippen LogP) is 2.69. The molecule has 0 atom stereocenters. The van der Waals surface area contributed by atoms with Crippen LogP contribution in [0, 0.1) is 18.3 Å². The fourth-order valence-corrected chi connectivity index (χ4v) is 1.90. The first-order valence-electron chi connectivity index (χ1n) is 6.95. The van der Waals surface area contributed by atoms with Crippen molar-refractivity contribution >= 4 is 0 Å². The van der Waals surface area contributed by atoms with Crippen LogP contribution in [0.3, 0.4) is 0 Å². The Bertz CT molecular complexity index is 432. The minimum Gasteiger partial charge on any atom is -0.313 e. The highest BCUT2D eigenvalue weighted by molar-refractivity contribution is 5.37. The van der Waals surface area contributed by atoms with Crippen LogP contribution < -0.4 is 5.32 Å². The molecule has 0 aliphatic heterocycles. The van der Waals surface area contributed by atoms with Crippen LogP contribution in [0.4, 0.5) is 0 Å². The van der Waals surface area contributed by atoms with Crippen molar-refractivity contribution in [2.24, 2.45) is 0 Å². The van der Waals surface area contributed by atoms with Crippen LogP contribution in [0.1, 0.15) is 37.0 Å². The van der Waals surface area contributed by atoms with Crippen LogP contribution in [0.2, 0.25) is 0 Å². The standard InChI is InChI=1S/C16H25N3/c1-13(2)19(4)9-5-8-18-12-16-7-6-15(11-17)10-14(16)3/h6-7,10,13,18H,5,8-9,12H2,1-4H3. The molecule has 0 saturated carbocycles. The summed E-state index contributed by atoms with van der Waals surface area (Å²) >= 11 is 0. The van der Waals surface area contributed by atoms with E-state index in [4.69, 9.17) is 5.26 Å². The molecule has 104 valence electrons. The van der Waals surface area contributed by atoms with E-state index >= 15 is 0 Å². The summed E-state index contributed by atoms with van der Waals surface area (Å²) in [5.41, 5.74) is 3.20. The molecule has 0 fully saturated rings. The van der Waals surface area contributed by atoms with E-state index in [1.54, 1.807) is 0 Å². The predicted molar refractivity (Wildman–Crippen MR) is 80.0 cm³/mol. The zero-order valence-corrected chi connectivity index (χ0v) is 12.5. The molecule has 0 saturated heterocycles. The van der Waals surface area contributed by atoms with Gasteiger partial charge in [0.1, 0.15) is 0 Å². The Kier molecular flexibility index (Phi) is 6.55. The SMILES string of the molecule is Cc1cc(C#N)ccc1CNCCCN(C)C(C)C. The van der Waals surface area contributed by atoms with Gasteiger partial charge < -0.3 is 10.2 Å². The van der Waals surface area contributed by atoms with Crippen LogP contribution in [0.5, 0.6) is 0 Å². The second-order valence-electron chi connectivity index (χ2n) is 5.36. The highest BCUT2D eigenvalue weighted by atomic mass is 15.1. The smallest absolute Gasteiger partial charge is 0.0991 e. The summed E-state index contributed by atoms with van der Waals surface area (Å²) < 4.78 is 0. The van der Waals surface area contributed by atoms with Crippen molar-refractivity contribution in [3.63, 3.8) is 0 Å². The molecule has 1 aromatic carbocycles. The molecule has 0 unspecified atom stereocenters. The molecule has 0 aliphatic carbocycles. The van der Waals surface area contributed by atoms with Gasteiger partial charge in [-0.2, -0.15) is 5.26 Å². The summed E-state index contributed by atoms with van der Waals surface area (Å²) in [5.74, 6) is 0. The summed E-state index contributed by atoms with van der Waals surface area (Å²) in [6, 6.07) is 8.66. The molecule has 1 rings (SSSR count). The van der Waals surface area contributed by atoms with Crippen molar-refractivity contribution in [1.29, 1.82) is 5.26 Å². The van der Waals surface area contributed by atoms with Crippen LogP contribution in [-0.4, -0.2) is 31.1 Å². The van der Waals surface area contributed by atoms with Gasteiger partial charge >= 0.3 is 0 Å². The summed E-state index contributed by atoms with van der Waals surface area (Å²) in [6.45, 7) is 9.52. The monoisotopic (exact) mass is 259 g/mol. The zero-order valence-electron chi connectivity index (χ0n) is 12.5. The van der Waals surface area contributed by atoms with E-state index in [2.05, 4.69) is 44.1 Å². The van der Waals surface area contributed by atoms with Crippen molar-refractivity contribution in [2.45, 2.75) is 39.8 Å². The van der Waals surface area contributed by atoms with Gasteiger partial charge in [-0.25, -0.2) is 0 Å². The Labute approximate surface area is 117 Å². The minimum atomic E-state index is 0.612. The Morgan fingerprint density at radius 1 is 1.37 bits per heavy atom. The first-order valence-corrected chi connectivity index (χ1v) is 6.95. The number of hydrogen-bond donors (Lipinski definition) is 1. The molecular formula is C16H25N3. The van der Waals surface area contributed by atoms with Gasteiger partial charge in [-0.3, -0.25) is 0 Å². The summed E-state index contributed by atoms with van der Waals surface area (Å²) in [7, 11) is 2.16. The maximum atomic E-state index is 8.83. The van der Waals surface area contributed by atoms with Gasteiger partial charge in [0.05, 0.1) is 11.6 Å². The molecule has 3 nitrogen and oxygen atoms in total. The molecule has 0 spiro atoms. The van der Waals surface area contributed by atoms with Crippen molar-refractivity contribution in [3.05, 3.63) is 34.9 Å². The first-order chi connectivity index (χ1) is 9.04. The van der Waals surface area contributed by atoms with E-state index in [1.807, 2.05) is 18.2 Å². The van der Waals surface area contributed by atoms with Gasteiger partial charge in [-0.05, 0) is 70.6 Å². The lowest BCUT2D eigenvalue weighted by molar-refractivity contribution is 0.269. The maximum Gasteiger partial charge on any atom is 0.0991 e. The van der Waals surface area contributed by atoms with E-state index in [0.29, 0.717) is 6.04 Å². The highest BCUT2D eigenvalue weighted by Gasteiger charge is 2.02. The number of aryl methyl sites for hydroxylation is 1. The average Bonchev–Trinajstić information content (AvgIpc) is 2.39. The Morgan fingerprint density at radius 3 is 2.68 bits per heavy atom. The van der Waals surface area contributed by atoms with Gasteiger partial charge in [0.2, 0.25) is 0 Å². The Balaban J connectivity index is 2.28. The number of nitrogens with zero attached hydrogens (tertiary/aromatic N) is 2. The summed E-state index contributed by atoms with van der Waals surface area (Å²) in [5, 5.41) is 12.3. The van der Waals surface area contributed by atoms with Crippen molar-refractivity contribution in [1.82, 2.24) is 10.2 Å². The van der Waals surface area contributed by atoms with Crippen molar-refractivity contribution in [3.8, 4) is 6.07 Å². The van der Waals surface area contributed by atoms with Gasteiger partial charge in [0, 0.05) is 12.6 Å². The summed E-state index contributed by atoms with van der Waals surface area (Å²) in [6.07, 6.45) is 1.16. The normalized spacial score (nSPS) is 11.0. The van der Waals surface area contributed by atoms with Gasteiger partial charge in [0.15, 0.2) is 0 Å². The van der Waals surface area contributed by atoms with Gasteiger partial charge in [0.25, 0.3) is 0 Å². The Hall–Kier alpha value is -1.37. The quantitative estimate of drug-likeness (QED) is 0.765. The van der Waals surface area contributed by atoms with Crippen LogP contribution in [0.15, 0.2) is 18.2 Å². The molecule has 0 aliphatic rings. The zero-order chi connectivity index (χ0) is 14.3. The first kappa shape index (κ1) is 15.7. The third-order valence-electron chi connectivity index (χ3n) is 3.53. The highest BCUT2D eigenvalue weighted by Crippen LogP contribution is 2.10. The topological polar surface area (TPSA) is 39.1 Å². The van der Waals surface area contributed by atoms with Crippen LogP contribution in [0.25, 0.3) is 0 Å². The molecule has 0 bridgehead atoms. The van der Waals surface area contributed by atoms with Crippen molar-refractivity contribution < 1.29 is 0 Å². The second-order valence-corrected chi connectivity index (χ2v) is 5.36. The fourth-order valence-electron chi connectivity index (χ4n) is 1.90. The fraction of sp³-hybridized carbons (Fsp3) is 0.562. The number of nitriles is 1. The molecule has 0 heterocycles. The van der Waals surface area contributed by atoms with Crippen LogP contribution in [-0.2, 0) is 6.54 Å². The average molecular weight is 259 g/mol. The van der Waals surface area contributed by atoms with E-state index in [9.17, 15) is 0 Å². The molecule has 19 heavy (non-hydrogen) atoms. The lowest BCUT2D eigenvalue weighted by Gasteiger charge is -2.20. The number of hydrogen-bond acceptors (Lipinski definition) is 3. The molecule has 3 heteroatoms. The molecule has 1 aromatic rings. The van der Waals surface area contributed by atoms with E-state index in [1.165, 1.54) is 11.1 Å². The Morgan fingerprint density at radius 2 is 2.11 bits per heavy atom. The minimum absolute atomic E-state index is 0.612. The van der Waals surface area contributed by atoms with Crippen LogP contribution >= 0.6 is 0 Å². The molecule has 0 amide bonds. The largest absolute Gasteiger partial charge is 0.313 e. The van der Waals surface area contributed by atoms with E-state index in [-0.39, 0.29) is 0 Å². The van der Waals surface area contributed by atoms with E-state index in [0.717, 1.165) is 31.6 Å². The number of benzene rings is 1. The molecule has 1 N–H and O–H groups in total. The third kappa shape index (κ3) is 5.42. The molecule has 0 radical (unpaired) electrons. The lowest BCUT2D eigenvalue weighted by atomic mass is 10.1. The third-order valence-corrected chi connectivity index (χ3v) is 3.53. The second kappa shape index (κ2) is 7.93. The summed E-state index contributed by atoms with van der Waals surface area (Å²) in [4.78, 5) is 2.36. The van der Waals surface area contributed by atoms with Gasteiger partial charge in [-0.1, -0.05) is 6.07 Å². The number of nitrogens with one attached hydrogen (secondary N) is 1. The van der Waals surface area contributed by atoms with E-state index < -0.39 is 0 Å². The molecule has 0 aromatic heterocycles. The maximum absolute atomic E-state index is 8.83.